The predicted molar refractivity (Wildman–Crippen MR) is 388 cm³/mol. The number of para-hydroxylation sites is 2. The molecular formula is C71H94ClN19O13. The lowest BCUT2D eigenvalue weighted by atomic mass is 10.00. The van der Waals surface area contributed by atoms with Gasteiger partial charge in [0, 0.05) is 85.0 Å². The number of aliphatic hydroxyl groups excluding tert-OH is 1. The fourth-order valence-corrected chi connectivity index (χ4v) is 12.2. The molecule has 2 aromatic heterocycles. The molecule has 10 atom stereocenters. The summed E-state index contributed by atoms with van der Waals surface area (Å²) >= 11 is 6.07. The molecule has 0 bridgehead atoms. The maximum atomic E-state index is 14.9. The number of hydrogen-bond donors (Lipinski definition) is 20. The third kappa shape index (κ3) is 24.0. The number of carbonyl (C=O) groups is 11. The van der Waals surface area contributed by atoms with Crippen molar-refractivity contribution in [1.29, 1.82) is 10.8 Å². The van der Waals surface area contributed by atoms with E-state index in [-0.39, 0.29) is 101 Å². The Morgan fingerprint density at radius 2 is 1.02 bits per heavy atom. The normalized spacial score (nSPS) is 15.3. The van der Waals surface area contributed by atoms with E-state index in [2.05, 4.69) is 68.5 Å². The Hall–Kier alpha value is -11.1. The van der Waals surface area contributed by atoms with E-state index in [1.54, 1.807) is 56.6 Å². The maximum Gasteiger partial charge on any atom is 0.249 e. The van der Waals surface area contributed by atoms with Crippen LogP contribution in [0.5, 0.6) is 5.75 Å². The van der Waals surface area contributed by atoms with Gasteiger partial charge in [-0.05, 0) is 123 Å². The number of imide groups is 1. The number of aromatic nitrogens is 2. The summed E-state index contributed by atoms with van der Waals surface area (Å²) in [4.78, 5) is 163. The maximum absolute atomic E-state index is 14.9. The van der Waals surface area contributed by atoms with Crippen molar-refractivity contribution in [3.8, 4) is 5.75 Å². The fraction of sp³-hybridized carbons (Fsp3) is 0.423. The van der Waals surface area contributed by atoms with Gasteiger partial charge in [0.2, 0.25) is 65.0 Å². The summed E-state index contributed by atoms with van der Waals surface area (Å²) in [5.41, 5.74) is 21.4. The number of nitrogens with one attached hydrogen (secondary N) is 15. The molecule has 10 unspecified atom stereocenters. The molecule has 0 spiro atoms. The molecule has 6 aromatic rings. The zero-order valence-corrected chi connectivity index (χ0v) is 59.0. The van der Waals surface area contributed by atoms with E-state index in [9.17, 15) is 63.0 Å². The number of amides is 11. The van der Waals surface area contributed by atoms with Crippen LogP contribution in [-0.2, 0) is 78.4 Å². The molecule has 1 aliphatic heterocycles. The number of likely N-dealkylation sites (tertiary alicyclic amines) is 1. The molecule has 0 saturated carbocycles. The van der Waals surface area contributed by atoms with E-state index in [1.165, 1.54) is 43.0 Å². The molecule has 7 rings (SSSR count). The highest BCUT2D eigenvalue weighted by molar-refractivity contribution is 6.30. The third-order valence-electron chi connectivity index (χ3n) is 17.4. The minimum atomic E-state index is -1.76. The Morgan fingerprint density at radius 1 is 0.558 bits per heavy atom. The number of fused-ring (bicyclic) bond motifs is 2. The van der Waals surface area contributed by atoms with E-state index < -0.39 is 138 Å². The largest absolute Gasteiger partial charge is 0.508 e. The van der Waals surface area contributed by atoms with Gasteiger partial charge in [0.25, 0.3) is 0 Å². The summed E-state index contributed by atoms with van der Waals surface area (Å²) in [5, 5.41) is 67.1. The summed E-state index contributed by atoms with van der Waals surface area (Å²) in [6, 6.07) is 13.1. The topological polar surface area (TPSA) is 521 Å². The van der Waals surface area contributed by atoms with Gasteiger partial charge in [-0.25, -0.2) is 0 Å². The summed E-state index contributed by atoms with van der Waals surface area (Å²) < 4.78 is 0. The lowest BCUT2D eigenvalue weighted by Crippen LogP contribution is -2.61. The van der Waals surface area contributed by atoms with Crippen LogP contribution >= 0.6 is 11.6 Å². The molecule has 23 N–H and O–H groups in total. The first kappa shape index (κ1) is 80.2. The number of phenolic OH excluding ortho intramolecular Hbond substituents is 1. The molecule has 0 aliphatic carbocycles. The van der Waals surface area contributed by atoms with Crippen molar-refractivity contribution in [2.24, 2.45) is 23.1 Å². The number of halogens is 1. The van der Waals surface area contributed by atoms with Gasteiger partial charge in [0.05, 0.1) is 12.6 Å². The van der Waals surface area contributed by atoms with E-state index in [4.69, 9.17) is 39.6 Å². The Bertz CT molecular complexity index is 4040. The first-order valence-electron chi connectivity index (χ1n) is 34.3. The summed E-state index contributed by atoms with van der Waals surface area (Å²) in [5.74, 6) is -10.3. The lowest BCUT2D eigenvalue weighted by Gasteiger charge is -2.31. The molecule has 4 aromatic carbocycles. The fourth-order valence-electron chi connectivity index (χ4n) is 12.1. The SMILES string of the molecule is CC(=O)NC(Cc1c[nH]c2ccccc12)C(=O)NC(=O)C(C)NC(=O)C1CCCN1C(=O)C(CCCNC(=N)N)NC(=O)C(CC(C)C)NC(=O)C(CCCNC(=N)N)NC(=O)C(Cc1ccc(O)cc1)NC(=O)C(CO)NC(=O)C(Cc1c[nH]c2ccccc12)NC(=O)C(N)Cc1ccc(Cl)cc1. The van der Waals surface area contributed by atoms with Crippen LogP contribution in [0.3, 0.4) is 0 Å². The molecule has 1 saturated heterocycles. The quantitative estimate of drug-likeness (QED) is 0.0136. The number of carbonyl (C=O) groups excluding carboxylic acids is 11. The molecule has 11 amide bonds. The first-order chi connectivity index (χ1) is 49.6. The number of rotatable bonds is 37. The molecule has 0 radical (unpaired) electrons. The molecule has 33 heteroatoms. The number of nitrogens with two attached hydrogens (primary N) is 3. The van der Waals surface area contributed by atoms with Gasteiger partial charge >= 0.3 is 0 Å². The van der Waals surface area contributed by atoms with Crippen LogP contribution in [0.2, 0.25) is 5.02 Å². The van der Waals surface area contributed by atoms with Gasteiger partial charge in [-0.1, -0.05) is 86.1 Å². The third-order valence-corrected chi connectivity index (χ3v) is 17.7. The minimum Gasteiger partial charge on any atom is -0.508 e. The highest BCUT2D eigenvalue weighted by Crippen LogP contribution is 2.24. The number of aromatic hydroxyl groups is 1. The van der Waals surface area contributed by atoms with Gasteiger partial charge in [-0.15, -0.1) is 0 Å². The first-order valence-corrected chi connectivity index (χ1v) is 34.6. The van der Waals surface area contributed by atoms with Crippen LogP contribution < -0.4 is 75.7 Å². The van der Waals surface area contributed by atoms with Gasteiger partial charge < -0.3 is 95.4 Å². The van der Waals surface area contributed by atoms with Crippen LogP contribution in [0, 0.1) is 16.7 Å². The Morgan fingerprint density at radius 3 is 1.58 bits per heavy atom. The number of aliphatic hydroxyl groups is 1. The number of phenols is 1. The van der Waals surface area contributed by atoms with Crippen molar-refractivity contribution >= 4 is 110 Å². The van der Waals surface area contributed by atoms with Crippen LogP contribution in [0.15, 0.2) is 109 Å². The lowest BCUT2D eigenvalue weighted by molar-refractivity contribution is -0.143. The van der Waals surface area contributed by atoms with Crippen LogP contribution in [0.4, 0.5) is 0 Å². The Balaban J connectivity index is 1.07. The molecule has 558 valence electrons. The summed E-state index contributed by atoms with van der Waals surface area (Å²) in [7, 11) is 0. The minimum absolute atomic E-state index is 0.0235. The van der Waals surface area contributed by atoms with Gasteiger partial charge in [0.1, 0.15) is 60.1 Å². The highest BCUT2D eigenvalue weighted by atomic mass is 35.5. The van der Waals surface area contributed by atoms with Crippen molar-refractivity contribution in [1.82, 2.24) is 73.4 Å². The average molecular weight is 1460 g/mol. The number of aromatic amines is 2. The second kappa shape index (κ2) is 38.8. The predicted octanol–water partition coefficient (Wildman–Crippen LogP) is -0.277. The monoisotopic (exact) mass is 1460 g/mol. The van der Waals surface area contributed by atoms with Crippen molar-refractivity contribution in [2.45, 2.75) is 159 Å². The summed E-state index contributed by atoms with van der Waals surface area (Å²) in [6.45, 7) is 5.25. The highest BCUT2D eigenvalue weighted by Gasteiger charge is 2.41. The van der Waals surface area contributed by atoms with Crippen molar-refractivity contribution in [3.63, 3.8) is 0 Å². The van der Waals surface area contributed by atoms with E-state index in [1.807, 2.05) is 42.5 Å². The number of benzene rings is 4. The van der Waals surface area contributed by atoms with E-state index in [0.29, 0.717) is 33.7 Å². The molecule has 3 heterocycles. The second-order valence-electron chi connectivity index (χ2n) is 26.1. The molecular weight excluding hydrogens is 1360 g/mol. The standard InChI is InChI=1S/C71H94ClN19O13/c1-38(2)30-54(63(98)85-53(17-10-28-79-71(76)77)69(104)91-29-11-18-59(91)68(103)82-39(3)60(95)90-66(101)56(83-40(4)93)33-43-35-80-50-14-7-5-12-47(43)50)87-62(97)52(16-9-27-78-70(74)75)84-64(99)55(32-42-21-25-46(94)26-22-42)88-67(102)58(37-92)89-65(100)57(34-44-36-81-51-15-8-6-13-48(44)51)86-61(96)49(73)31-41-19-23-45(72)24-20-41/h5-8,12-15,19-26,35-36,38-39,49,52-59,80-81,92,94H,9-11,16-18,27-34,37,73H2,1-4H3,(H,82,103)(H,83,93)(H,84,99)(H,85,98)(H,86,96)(H,87,97)(H,88,102)(H,89,100)(H4,74,75,78)(H4,76,77,79)(H,90,95,101). The number of nitrogens with zero attached hydrogens (tertiary/aromatic N) is 1. The van der Waals surface area contributed by atoms with E-state index in [0.717, 1.165) is 21.8 Å². The zero-order valence-electron chi connectivity index (χ0n) is 58.3. The molecule has 32 nitrogen and oxygen atoms in total. The Labute approximate surface area is 605 Å². The Kier molecular flexibility index (Phi) is 29.9. The number of hydrogen-bond acceptors (Lipinski definition) is 16. The molecule has 1 aliphatic rings. The van der Waals surface area contributed by atoms with Crippen molar-refractivity contribution in [2.75, 3.05) is 26.2 Å². The number of H-pyrrole nitrogens is 2. The van der Waals surface area contributed by atoms with Crippen molar-refractivity contribution in [3.05, 3.63) is 137 Å². The van der Waals surface area contributed by atoms with Gasteiger partial charge in [-0.3, -0.25) is 68.9 Å². The van der Waals surface area contributed by atoms with Gasteiger partial charge in [-0.2, -0.15) is 0 Å². The average Bonchev–Trinajstić information content (AvgIpc) is 1.71. The van der Waals surface area contributed by atoms with Crippen LogP contribution in [0.1, 0.15) is 94.9 Å². The smallest absolute Gasteiger partial charge is 0.249 e. The van der Waals surface area contributed by atoms with Gasteiger partial charge in [0.15, 0.2) is 11.9 Å². The summed E-state index contributed by atoms with van der Waals surface area (Å²) in [6.07, 6.45) is 3.48. The zero-order chi connectivity index (χ0) is 75.7. The molecule has 1 fully saturated rings. The number of guanidine groups is 2. The van der Waals surface area contributed by atoms with E-state index >= 15 is 0 Å². The van der Waals surface area contributed by atoms with Crippen molar-refractivity contribution < 1.29 is 63.0 Å². The van der Waals surface area contributed by atoms with Crippen LogP contribution in [-0.4, -0.2) is 189 Å². The van der Waals surface area contributed by atoms with Crippen LogP contribution in [0.25, 0.3) is 21.8 Å². The molecule has 104 heavy (non-hydrogen) atoms. The second-order valence-corrected chi connectivity index (χ2v) is 26.5.